The van der Waals surface area contributed by atoms with E-state index < -0.39 is 5.97 Å². The number of ether oxygens (including phenoxy) is 1. The van der Waals surface area contributed by atoms with E-state index in [2.05, 4.69) is 4.98 Å². The van der Waals surface area contributed by atoms with E-state index in [9.17, 15) is 4.79 Å². The van der Waals surface area contributed by atoms with Crippen LogP contribution >= 0.6 is 0 Å². The Morgan fingerprint density at radius 3 is 2.67 bits per heavy atom. The fraction of sp³-hybridized carbons (Fsp3) is 0.143. The Bertz CT molecular complexity index is 553. The van der Waals surface area contributed by atoms with Crippen LogP contribution in [0.4, 0.5) is 5.69 Å². The molecule has 2 N–H and O–H groups in total. The second-order valence-electron chi connectivity index (χ2n) is 3.71. The third-order valence-corrected chi connectivity index (χ3v) is 2.51. The van der Waals surface area contributed by atoms with E-state index in [4.69, 9.17) is 10.5 Å². The summed E-state index contributed by atoms with van der Waals surface area (Å²) in [5.74, 6) is -0.455. The van der Waals surface area contributed by atoms with Crippen LogP contribution in [0.3, 0.4) is 0 Å². The number of nitrogens with two attached hydrogens (primary N) is 1. The van der Waals surface area contributed by atoms with E-state index in [1.54, 1.807) is 13.0 Å². The van der Waals surface area contributed by atoms with E-state index in [-0.39, 0.29) is 5.69 Å². The predicted octanol–water partition coefficient (Wildman–Crippen LogP) is 2.51. The lowest BCUT2D eigenvalue weighted by Crippen LogP contribution is -2.10. The Balaban J connectivity index is 2.55. The second kappa shape index (κ2) is 5.31. The van der Waals surface area contributed by atoms with Gasteiger partial charge in [-0.3, -0.25) is 0 Å². The van der Waals surface area contributed by atoms with Crippen LogP contribution in [0.2, 0.25) is 0 Å². The highest BCUT2D eigenvalue weighted by Crippen LogP contribution is 2.28. The molecule has 0 fully saturated rings. The number of carbonyl (C=O) groups excluding carboxylic acids is 1. The molecule has 0 spiro atoms. The average Bonchev–Trinajstić information content (AvgIpc) is 2.39. The zero-order chi connectivity index (χ0) is 13.0. The van der Waals surface area contributed by atoms with Gasteiger partial charge >= 0.3 is 5.97 Å². The Hall–Kier alpha value is -2.36. The lowest BCUT2D eigenvalue weighted by molar-refractivity contribution is 0.0520. The zero-order valence-electron chi connectivity index (χ0n) is 10.1. The minimum absolute atomic E-state index is 0.253. The van der Waals surface area contributed by atoms with Gasteiger partial charge in [0.1, 0.15) is 0 Å². The van der Waals surface area contributed by atoms with Crippen molar-refractivity contribution in [2.24, 2.45) is 0 Å². The van der Waals surface area contributed by atoms with Gasteiger partial charge in [-0.1, -0.05) is 30.3 Å². The topological polar surface area (TPSA) is 65.2 Å². The molecular weight excluding hydrogens is 228 g/mol. The van der Waals surface area contributed by atoms with Crippen molar-refractivity contribution in [1.82, 2.24) is 4.98 Å². The number of nitrogens with zero attached hydrogens (tertiary/aromatic N) is 1. The standard InChI is InChI=1S/C14H14N2O2/c1-2-18-14(17)13-12(11(15)8-9-16-13)10-6-4-3-5-7-10/h3-9H,2H2,1H3,(H2,15,16). The molecule has 0 radical (unpaired) electrons. The number of aromatic nitrogens is 1. The van der Waals surface area contributed by atoms with Gasteiger partial charge in [-0.2, -0.15) is 0 Å². The molecule has 0 unspecified atom stereocenters. The molecule has 1 heterocycles. The lowest BCUT2D eigenvalue weighted by Gasteiger charge is -2.10. The summed E-state index contributed by atoms with van der Waals surface area (Å²) in [6.45, 7) is 2.07. The van der Waals surface area contributed by atoms with Crippen LogP contribution in [-0.2, 0) is 4.74 Å². The summed E-state index contributed by atoms with van der Waals surface area (Å²) in [6.07, 6.45) is 1.51. The number of anilines is 1. The van der Waals surface area contributed by atoms with Crippen LogP contribution in [0.15, 0.2) is 42.6 Å². The van der Waals surface area contributed by atoms with Crippen molar-refractivity contribution in [2.45, 2.75) is 6.92 Å². The number of rotatable bonds is 3. The Kier molecular flexibility index (Phi) is 3.57. The summed E-state index contributed by atoms with van der Waals surface area (Å²) in [4.78, 5) is 15.9. The fourth-order valence-corrected chi connectivity index (χ4v) is 1.74. The predicted molar refractivity (Wildman–Crippen MR) is 70.0 cm³/mol. The SMILES string of the molecule is CCOC(=O)c1nccc(N)c1-c1ccccc1. The van der Waals surface area contributed by atoms with E-state index >= 15 is 0 Å². The monoisotopic (exact) mass is 242 g/mol. The summed E-state index contributed by atoms with van der Waals surface area (Å²) >= 11 is 0. The number of esters is 1. The minimum atomic E-state index is -0.455. The number of hydrogen-bond acceptors (Lipinski definition) is 4. The van der Waals surface area contributed by atoms with Crippen LogP contribution < -0.4 is 5.73 Å². The molecule has 0 aliphatic rings. The molecule has 0 saturated carbocycles. The summed E-state index contributed by atoms with van der Waals surface area (Å²) in [5, 5.41) is 0. The van der Waals surface area contributed by atoms with Crippen molar-refractivity contribution >= 4 is 11.7 Å². The third-order valence-electron chi connectivity index (χ3n) is 2.51. The highest BCUT2D eigenvalue weighted by atomic mass is 16.5. The van der Waals surface area contributed by atoms with Crippen LogP contribution in [0, 0.1) is 0 Å². The Labute approximate surface area is 105 Å². The van der Waals surface area contributed by atoms with E-state index in [0.717, 1.165) is 5.56 Å². The first kappa shape index (κ1) is 12.1. The minimum Gasteiger partial charge on any atom is -0.461 e. The van der Waals surface area contributed by atoms with Crippen LogP contribution in [-0.4, -0.2) is 17.6 Å². The molecule has 0 bridgehead atoms. The molecule has 0 amide bonds. The van der Waals surface area contributed by atoms with E-state index in [1.165, 1.54) is 6.20 Å². The van der Waals surface area contributed by atoms with Gasteiger partial charge in [0.25, 0.3) is 0 Å². The molecule has 92 valence electrons. The number of benzene rings is 1. The van der Waals surface area contributed by atoms with Gasteiger partial charge in [0.05, 0.1) is 6.61 Å². The van der Waals surface area contributed by atoms with Gasteiger partial charge in [0.2, 0.25) is 0 Å². The van der Waals surface area contributed by atoms with Gasteiger partial charge < -0.3 is 10.5 Å². The molecule has 0 aliphatic carbocycles. The van der Waals surface area contributed by atoms with Gasteiger partial charge in [-0.15, -0.1) is 0 Å². The first-order chi connectivity index (χ1) is 8.74. The molecule has 0 atom stereocenters. The van der Waals surface area contributed by atoms with Crippen molar-refractivity contribution in [3.8, 4) is 11.1 Å². The van der Waals surface area contributed by atoms with Gasteiger partial charge in [0.15, 0.2) is 5.69 Å². The summed E-state index contributed by atoms with van der Waals surface area (Å²) in [6, 6.07) is 11.1. The fourth-order valence-electron chi connectivity index (χ4n) is 1.74. The van der Waals surface area contributed by atoms with Crippen LogP contribution in [0.1, 0.15) is 17.4 Å². The lowest BCUT2D eigenvalue weighted by atomic mass is 10.0. The normalized spacial score (nSPS) is 10.1. The summed E-state index contributed by atoms with van der Waals surface area (Å²) in [5.41, 5.74) is 8.18. The number of nitrogen functional groups attached to an aromatic ring is 1. The van der Waals surface area contributed by atoms with Crippen molar-refractivity contribution in [3.63, 3.8) is 0 Å². The van der Waals surface area contributed by atoms with Crippen molar-refractivity contribution in [3.05, 3.63) is 48.3 Å². The highest BCUT2D eigenvalue weighted by molar-refractivity contribution is 5.98. The number of hydrogen-bond donors (Lipinski definition) is 1. The maximum absolute atomic E-state index is 11.9. The molecule has 2 rings (SSSR count). The Morgan fingerprint density at radius 1 is 1.28 bits per heavy atom. The van der Waals surface area contributed by atoms with E-state index in [1.807, 2.05) is 30.3 Å². The van der Waals surface area contributed by atoms with Crippen LogP contribution in [0.25, 0.3) is 11.1 Å². The number of pyridine rings is 1. The molecule has 2 aromatic rings. The van der Waals surface area contributed by atoms with Gasteiger partial charge in [-0.05, 0) is 18.6 Å². The maximum Gasteiger partial charge on any atom is 0.357 e. The molecule has 4 heteroatoms. The molecule has 0 saturated heterocycles. The second-order valence-corrected chi connectivity index (χ2v) is 3.71. The molecule has 1 aromatic heterocycles. The maximum atomic E-state index is 11.9. The highest BCUT2D eigenvalue weighted by Gasteiger charge is 2.17. The first-order valence-corrected chi connectivity index (χ1v) is 5.71. The molecule has 18 heavy (non-hydrogen) atoms. The van der Waals surface area contributed by atoms with Crippen molar-refractivity contribution in [2.75, 3.05) is 12.3 Å². The third kappa shape index (κ3) is 2.32. The van der Waals surface area contributed by atoms with Crippen molar-refractivity contribution in [1.29, 1.82) is 0 Å². The molecular formula is C14H14N2O2. The first-order valence-electron chi connectivity index (χ1n) is 5.71. The molecule has 0 aliphatic heterocycles. The summed E-state index contributed by atoms with van der Waals surface area (Å²) < 4.78 is 4.99. The Morgan fingerprint density at radius 2 is 2.00 bits per heavy atom. The molecule has 4 nitrogen and oxygen atoms in total. The smallest absolute Gasteiger partial charge is 0.357 e. The number of carbonyl (C=O) groups is 1. The average molecular weight is 242 g/mol. The van der Waals surface area contributed by atoms with Gasteiger partial charge in [0, 0.05) is 17.4 Å². The zero-order valence-corrected chi connectivity index (χ0v) is 10.1. The quantitative estimate of drug-likeness (QED) is 0.840. The van der Waals surface area contributed by atoms with Crippen LogP contribution in [0.5, 0.6) is 0 Å². The summed E-state index contributed by atoms with van der Waals surface area (Å²) in [7, 11) is 0. The van der Waals surface area contributed by atoms with Crippen molar-refractivity contribution < 1.29 is 9.53 Å². The largest absolute Gasteiger partial charge is 0.461 e. The van der Waals surface area contributed by atoms with E-state index in [0.29, 0.717) is 17.9 Å². The van der Waals surface area contributed by atoms with Gasteiger partial charge in [-0.25, -0.2) is 9.78 Å². The molecule has 1 aromatic carbocycles.